The Kier molecular flexibility index (Phi) is 5.09. The van der Waals surface area contributed by atoms with Crippen LogP contribution in [0.1, 0.15) is 10.5 Å². The van der Waals surface area contributed by atoms with Crippen LogP contribution in [0.25, 0.3) is 11.3 Å². The number of rotatable bonds is 5. The van der Waals surface area contributed by atoms with Gasteiger partial charge in [-0.15, -0.1) is 11.8 Å². The molecule has 1 aliphatic rings. The molecule has 0 unspecified atom stereocenters. The lowest BCUT2D eigenvalue weighted by Crippen LogP contribution is -2.17. The molecule has 9 nitrogen and oxygen atoms in total. The fourth-order valence-corrected chi connectivity index (χ4v) is 3.43. The Bertz CT molecular complexity index is 1100. The van der Waals surface area contributed by atoms with Crippen LogP contribution in [0.15, 0.2) is 51.9 Å². The van der Waals surface area contributed by atoms with Crippen LogP contribution in [-0.4, -0.2) is 35.5 Å². The number of nitro groups is 1. The number of benzene rings is 2. The molecule has 1 amide bonds. The molecule has 29 heavy (non-hydrogen) atoms. The number of thioether (sulfide) groups is 1. The molecule has 1 N–H and O–H groups in total. The number of hydrogen-bond donors (Lipinski definition) is 1. The molecule has 3 aromatic rings. The van der Waals surface area contributed by atoms with Crippen molar-refractivity contribution in [3.63, 3.8) is 0 Å². The summed E-state index contributed by atoms with van der Waals surface area (Å²) in [7, 11) is 0. The molecule has 2 heterocycles. The molecule has 1 aliphatic heterocycles. The lowest BCUT2D eigenvalue weighted by molar-refractivity contribution is -0.384. The number of nitro benzene ring substituents is 1. The molecule has 0 aliphatic carbocycles. The zero-order chi connectivity index (χ0) is 20.4. The number of ether oxygens (including phenoxy) is 2. The van der Waals surface area contributed by atoms with Crippen LogP contribution in [0.2, 0.25) is 0 Å². The monoisotopic (exact) mass is 413 g/mol. The second kappa shape index (κ2) is 7.84. The van der Waals surface area contributed by atoms with Crippen LogP contribution in [0.5, 0.6) is 11.5 Å². The van der Waals surface area contributed by atoms with E-state index in [0.29, 0.717) is 30.4 Å². The number of nitrogens with zero attached hydrogens (tertiary/aromatic N) is 2. The van der Waals surface area contributed by atoms with E-state index in [1.807, 2.05) is 6.26 Å². The first kappa shape index (κ1) is 18.8. The highest BCUT2D eigenvalue weighted by atomic mass is 32.2. The molecule has 0 spiro atoms. The summed E-state index contributed by atoms with van der Waals surface area (Å²) in [5, 5.41) is 17.7. The summed E-state index contributed by atoms with van der Waals surface area (Å²) in [5.41, 5.74) is 0.655. The Labute approximate surface area is 169 Å². The zero-order valence-corrected chi connectivity index (χ0v) is 16.0. The number of para-hydroxylation sites is 1. The van der Waals surface area contributed by atoms with Gasteiger partial charge in [0.15, 0.2) is 23.0 Å². The average molecular weight is 413 g/mol. The summed E-state index contributed by atoms with van der Waals surface area (Å²) in [4.78, 5) is 24.1. The summed E-state index contributed by atoms with van der Waals surface area (Å²) < 4.78 is 16.3. The standard InChI is InChI=1S/C19H15N3O6S/c1-29-18-10-17-16(26-6-7-27-17)8-12(18)20-19(23)13-9-15(28-21-13)11-4-2-3-5-14(11)22(24)25/h2-5,8-10H,6-7H2,1H3,(H,20,23). The van der Waals surface area contributed by atoms with E-state index in [9.17, 15) is 14.9 Å². The Morgan fingerprint density at radius 1 is 1.17 bits per heavy atom. The fourth-order valence-electron chi connectivity index (χ4n) is 2.87. The fraction of sp³-hybridized carbons (Fsp3) is 0.158. The van der Waals surface area contributed by atoms with Crippen molar-refractivity contribution >= 4 is 29.0 Å². The van der Waals surface area contributed by atoms with Crippen molar-refractivity contribution in [1.29, 1.82) is 0 Å². The molecule has 0 atom stereocenters. The third-order valence-electron chi connectivity index (χ3n) is 4.22. The number of aromatic nitrogens is 1. The van der Waals surface area contributed by atoms with Crippen molar-refractivity contribution in [2.24, 2.45) is 0 Å². The van der Waals surface area contributed by atoms with Crippen molar-refractivity contribution in [2.45, 2.75) is 4.90 Å². The summed E-state index contributed by atoms with van der Waals surface area (Å²) >= 11 is 1.44. The maximum Gasteiger partial charge on any atom is 0.280 e. The summed E-state index contributed by atoms with van der Waals surface area (Å²) in [6.07, 6.45) is 1.88. The van der Waals surface area contributed by atoms with Crippen LogP contribution in [-0.2, 0) is 0 Å². The molecule has 1 aromatic heterocycles. The van der Waals surface area contributed by atoms with Gasteiger partial charge >= 0.3 is 0 Å². The molecular weight excluding hydrogens is 398 g/mol. The first-order valence-electron chi connectivity index (χ1n) is 8.56. The lowest BCUT2D eigenvalue weighted by Gasteiger charge is -2.20. The smallest absolute Gasteiger partial charge is 0.280 e. The molecule has 0 fully saturated rings. The molecule has 4 rings (SSSR count). The summed E-state index contributed by atoms with van der Waals surface area (Å²) in [6, 6.07) is 11.0. The van der Waals surface area contributed by atoms with E-state index in [0.717, 1.165) is 4.90 Å². The molecule has 2 aromatic carbocycles. The van der Waals surface area contributed by atoms with Crippen molar-refractivity contribution in [3.05, 3.63) is 58.3 Å². The van der Waals surface area contributed by atoms with Gasteiger partial charge in [0, 0.05) is 23.1 Å². The van der Waals surface area contributed by atoms with Gasteiger partial charge < -0.3 is 19.3 Å². The van der Waals surface area contributed by atoms with E-state index >= 15 is 0 Å². The van der Waals surface area contributed by atoms with Crippen molar-refractivity contribution < 1.29 is 23.7 Å². The minimum Gasteiger partial charge on any atom is -0.486 e. The first-order chi connectivity index (χ1) is 14.1. The lowest BCUT2D eigenvalue weighted by atomic mass is 10.1. The van der Waals surface area contributed by atoms with Crippen LogP contribution >= 0.6 is 11.8 Å². The quantitative estimate of drug-likeness (QED) is 0.379. The van der Waals surface area contributed by atoms with Gasteiger partial charge in [-0.1, -0.05) is 17.3 Å². The van der Waals surface area contributed by atoms with E-state index in [4.69, 9.17) is 14.0 Å². The van der Waals surface area contributed by atoms with Gasteiger partial charge in [-0.3, -0.25) is 14.9 Å². The molecule has 0 saturated heterocycles. The third-order valence-corrected chi connectivity index (χ3v) is 5.00. The van der Waals surface area contributed by atoms with Gasteiger partial charge in [0.25, 0.3) is 11.6 Å². The minimum atomic E-state index is -0.516. The number of anilines is 1. The molecule has 0 saturated carbocycles. The van der Waals surface area contributed by atoms with E-state index in [1.54, 1.807) is 24.3 Å². The van der Waals surface area contributed by atoms with E-state index < -0.39 is 10.8 Å². The first-order valence-corrected chi connectivity index (χ1v) is 9.79. The predicted octanol–water partition coefficient (Wildman–Crippen LogP) is 4.00. The SMILES string of the molecule is CSc1cc2c(cc1NC(=O)c1cc(-c3ccccc3[N+](=O)[O-])on1)OCCO2. The third kappa shape index (κ3) is 3.74. The van der Waals surface area contributed by atoms with E-state index in [1.165, 1.54) is 30.0 Å². The highest BCUT2D eigenvalue weighted by Crippen LogP contribution is 2.39. The Hall–Kier alpha value is -3.53. The summed E-state index contributed by atoms with van der Waals surface area (Å²) in [5.74, 6) is 0.795. The van der Waals surface area contributed by atoms with Crippen LogP contribution in [0.3, 0.4) is 0 Å². The van der Waals surface area contributed by atoms with E-state index in [-0.39, 0.29) is 22.7 Å². The maximum atomic E-state index is 12.7. The van der Waals surface area contributed by atoms with Gasteiger partial charge in [0.05, 0.1) is 16.2 Å². The average Bonchev–Trinajstić information content (AvgIpc) is 3.23. The number of carbonyl (C=O) groups is 1. The Balaban J connectivity index is 1.60. The Morgan fingerprint density at radius 3 is 2.62 bits per heavy atom. The number of hydrogen-bond acceptors (Lipinski definition) is 8. The maximum absolute atomic E-state index is 12.7. The normalized spacial score (nSPS) is 12.4. The van der Waals surface area contributed by atoms with Crippen LogP contribution < -0.4 is 14.8 Å². The number of fused-ring (bicyclic) bond motifs is 1. The number of nitrogens with one attached hydrogen (secondary N) is 1. The molecule has 0 radical (unpaired) electrons. The molecule has 0 bridgehead atoms. The van der Waals surface area contributed by atoms with Crippen LogP contribution in [0, 0.1) is 10.1 Å². The van der Waals surface area contributed by atoms with E-state index in [2.05, 4.69) is 10.5 Å². The molecule has 148 valence electrons. The van der Waals surface area contributed by atoms with Crippen molar-refractivity contribution in [3.8, 4) is 22.8 Å². The van der Waals surface area contributed by atoms with Gasteiger partial charge in [-0.25, -0.2) is 0 Å². The summed E-state index contributed by atoms with van der Waals surface area (Å²) in [6.45, 7) is 0.904. The second-order valence-corrected chi connectivity index (χ2v) is 6.85. The largest absolute Gasteiger partial charge is 0.486 e. The van der Waals surface area contributed by atoms with Crippen molar-refractivity contribution in [1.82, 2.24) is 5.16 Å². The highest BCUT2D eigenvalue weighted by Gasteiger charge is 2.22. The topological polar surface area (TPSA) is 117 Å². The molecule has 10 heteroatoms. The van der Waals surface area contributed by atoms with Crippen molar-refractivity contribution in [2.75, 3.05) is 24.8 Å². The zero-order valence-electron chi connectivity index (χ0n) is 15.2. The van der Waals surface area contributed by atoms with Gasteiger partial charge in [0.2, 0.25) is 0 Å². The highest BCUT2D eigenvalue weighted by molar-refractivity contribution is 7.98. The minimum absolute atomic E-state index is 0.0000862. The number of amides is 1. The van der Waals surface area contributed by atoms with Gasteiger partial charge in [-0.2, -0.15) is 0 Å². The van der Waals surface area contributed by atoms with Crippen LogP contribution in [0.4, 0.5) is 11.4 Å². The number of carbonyl (C=O) groups excluding carboxylic acids is 1. The van der Waals surface area contributed by atoms with Gasteiger partial charge in [-0.05, 0) is 18.4 Å². The predicted molar refractivity (Wildman–Crippen MR) is 106 cm³/mol. The second-order valence-electron chi connectivity index (χ2n) is 6.00. The van der Waals surface area contributed by atoms with Gasteiger partial charge in [0.1, 0.15) is 13.2 Å². The Morgan fingerprint density at radius 2 is 1.90 bits per heavy atom. The molecular formula is C19H15N3O6S.